The van der Waals surface area contributed by atoms with Gasteiger partial charge in [0.15, 0.2) is 0 Å². The van der Waals surface area contributed by atoms with Crippen LogP contribution in [0.15, 0.2) is 95.0 Å². The van der Waals surface area contributed by atoms with Crippen LogP contribution in [0.3, 0.4) is 0 Å². The highest BCUT2D eigenvalue weighted by Crippen LogP contribution is 2.33. The van der Waals surface area contributed by atoms with Gasteiger partial charge in [0.05, 0.1) is 10.7 Å². The zero-order valence-electron chi connectivity index (χ0n) is 18.7. The van der Waals surface area contributed by atoms with Gasteiger partial charge >= 0.3 is 6.03 Å². The number of anilines is 1. The van der Waals surface area contributed by atoms with Crippen LogP contribution in [0, 0.1) is 0 Å². The summed E-state index contributed by atoms with van der Waals surface area (Å²) in [4.78, 5) is 39.7. The summed E-state index contributed by atoms with van der Waals surface area (Å²) in [6, 6.07) is 24.6. The number of carbonyl (C=O) groups is 3. The lowest BCUT2D eigenvalue weighted by Crippen LogP contribution is -2.54. The number of fused-ring (bicyclic) bond motifs is 1. The minimum absolute atomic E-state index is 0.185. The average molecular weight is 562 g/mol. The minimum atomic E-state index is -0.861. The molecule has 178 valence electrons. The number of benzene rings is 4. The predicted molar refractivity (Wildman–Crippen MR) is 143 cm³/mol. The molecule has 0 radical (unpaired) electrons. The highest BCUT2D eigenvalue weighted by atomic mass is 79.9. The van der Waals surface area contributed by atoms with Crippen LogP contribution in [0.4, 0.5) is 10.5 Å². The second kappa shape index (κ2) is 9.97. The molecular formula is C28H18BrClN2O4. The van der Waals surface area contributed by atoms with Crippen molar-refractivity contribution in [2.45, 2.75) is 6.61 Å². The molecule has 36 heavy (non-hydrogen) atoms. The van der Waals surface area contributed by atoms with E-state index in [-0.39, 0.29) is 22.9 Å². The number of ether oxygens (including phenoxy) is 1. The predicted octanol–water partition coefficient (Wildman–Crippen LogP) is 6.50. The van der Waals surface area contributed by atoms with Crippen molar-refractivity contribution in [2.24, 2.45) is 0 Å². The van der Waals surface area contributed by atoms with Crippen LogP contribution in [0.25, 0.3) is 16.8 Å². The molecule has 4 amide bonds. The molecule has 1 saturated heterocycles. The molecule has 1 heterocycles. The molecule has 0 aromatic heterocycles. The number of barbiturate groups is 1. The smallest absolute Gasteiger partial charge is 0.335 e. The van der Waals surface area contributed by atoms with E-state index < -0.39 is 17.8 Å². The summed E-state index contributed by atoms with van der Waals surface area (Å²) in [7, 11) is 0. The van der Waals surface area contributed by atoms with Crippen LogP contribution in [0.1, 0.15) is 11.1 Å². The van der Waals surface area contributed by atoms with Crippen molar-refractivity contribution in [3.05, 3.63) is 111 Å². The molecule has 0 unspecified atom stereocenters. The lowest BCUT2D eigenvalue weighted by molar-refractivity contribution is -0.122. The number of carbonyl (C=O) groups excluding carboxylic acids is 3. The molecule has 4 aromatic carbocycles. The van der Waals surface area contributed by atoms with Gasteiger partial charge in [0, 0.05) is 10.0 Å². The maximum Gasteiger partial charge on any atom is 0.335 e. The van der Waals surface area contributed by atoms with Gasteiger partial charge in [-0.3, -0.25) is 14.9 Å². The van der Waals surface area contributed by atoms with E-state index in [1.54, 1.807) is 24.3 Å². The Morgan fingerprint density at radius 3 is 2.39 bits per heavy atom. The van der Waals surface area contributed by atoms with E-state index in [9.17, 15) is 14.4 Å². The second-order valence-corrected chi connectivity index (χ2v) is 9.35. The Morgan fingerprint density at radius 1 is 0.889 bits per heavy atom. The normalized spacial score (nSPS) is 14.9. The van der Waals surface area contributed by atoms with Crippen molar-refractivity contribution in [3.8, 4) is 5.75 Å². The highest BCUT2D eigenvalue weighted by molar-refractivity contribution is 9.10. The standard InChI is InChI=1S/C28H18BrClN2O4/c29-19-12-9-17(10-13-19)16-36-25-14-11-18-5-1-2-6-20(18)21(25)15-22-26(33)31-28(35)32(27(22)34)24-8-4-3-7-23(24)30/h1-15H,16H2,(H,31,33,35)/b22-15+. The van der Waals surface area contributed by atoms with Crippen molar-refractivity contribution in [1.29, 1.82) is 0 Å². The van der Waals surface area contributed by atoms with Gasteiger partial charge in [-0.1, -0.05) is 82.1 Å². The minimum Gasteiger partial charge on any atom is -0.488 e. The van der Waals surface area contributed by atoms with Crippen molar-refractivity contribution >= 4 is 67.9 Å². The number of rotatable bonds is 5. The molecule has 0 aliphatic carbocycles. The van der Waals surface area contributed by atoms with Crippen LogP contribution in [0.5, 0.6) is 5.75 Å². The summed E-state index contributed by atoms with van der Waals surface area (Å²) < 4.78 is 7.09. The Kier molecular flexibility index (Phi) is 6.59. The molecule has 1 N–H and O–H groups in total. The monoisotopic (exact) mass is 560 g/mol. The summed E-state index contributed by atoms with van der Waals surface area (Å²) in [5.41, 5.74) is 1.48. The maximum atomic E-state index is 13.4. The molecule has 4 aromatic rings. The number of hydrogen-bond acceptors (Lipinski definition) is 4. The highest BCUT2D eigenvalue weighted by Gasteiger charge is 2.38. The van der Waals surface area contributed by atoms with E-state index >= 15 is 0 Å². The van der Waals surface area contributed by atoms with E-state index in [0.717, 1.165) is 25.7 Å². The summed E-state index contributed by atoms with van der Waals surface area (Å²) in [6.07, 6.45) is 1.47. The third kappa shape index (κ3) is 4.63. The molecular weight excluding hydrogens is 544 g/mol. The van der Waals surface area contributed by atoms with E-state index in [4.69, 9.17) is 16.3 Å². The number of para-hydroxylation sites is 1. The van der Waals surface area contributed by atoms with Gasteiger partial charge in [-0.25, -0.2) is 9.69 Å². The second-order valence-electron chi connectivity index (χ2n) is 8.02. The maximum absolute atomic E-state index is 13.4. The van der Waals surface area contributed by atoms with E-state index in [0.29, 0.717) is 11.3 Å². The number of amides is 4. The lowest BCUT2D eigenvalue weighted by atomic mass is 9.99. The molecule has 0 bridgehead atoms. The first-order valence-corrected chi connectivity index (χ1v) is 12.1. The number of nitrogens with zero attached hydrogens (tertiary/aromatic N) is 1. The van der Waals surface area contributed by atoms with E-state index in [2.05, 4.69) is 21.2 Å². The Hall–Kier alpha value is -3.94. The molecule has 1 aliphatic heterocycles. The third-order valence-corrected chi connectivity index (χ3v) is 6.57. The van der Waals surface area contributed by atoms with Gasteiger partial charge in [0.1, 0.15) is 17.9 Å². The number of imide groups is 2. The first-order chi connectivity index (χ1) is 17.4. The van der Waals surface area contributed by atoms with Crippen LogP contribution < -0.4 is 15.0 Å². The SMILES string of the molecule is O=C1NC(=O)N(c2ccccc2Cl)C(=O)/C1=C/c1c(OCc2ccc(Br)cc2)ccc2ccccc12. The molecule has 5 rings (SSSR count). The van der Waals surface area contributed by atoms with Gasteiger partial charge in [0.25, 0.3) is 11.8 Å². The molecule has 0 spiro atoms. The third-order valence-electron chi connectivity index (χ3n) is 5.72. The molecule has 0 atom stereocenters. The van der Waals surface area contributed by atoms with Crippen molar-refractivity contribution in [2.75, 3.05) is 4.90 Å². The first-order valence-electron chi connectivity index (χ1n) is 11.0. The molecule has 1 aliphatic rings. The largest absolute Gasteiger partial charge is 0.488 e. The number of halogens is 2. The quantitative estimate of drug-likeness (QED) is 0.223. The fraction of sp³-hybridized carbons (Fsp3) is 0.0357. The van der Waals surface area contributed by atoms with Crippen molar-refractivity contribution < 1.29 is 19.1 Å². The zero-order chi connectivity index (χ0) is 25.2. The van der Waals surface area contributed by atoms with Gasteiger partial charge in [-0.2, -0.15) is 0 Å². The van der Waals surface area contributed by atoms with Crippen LogP contribution >= 0.6 is 27.5 Å². The van der Waals surface area contributed by atoms with Crippen molar-refractivity contribution in [3.63, 3.8) is 0 Å². The fourth-order valence-corrected chi connectivity index (χ4v) is 4.43. The van der Waals surface area contributed by atoms with Gasteiger partial charge in [-0.05, 0) is 52.7 Å². The number of urea groups is 1. The summed E-state index contributed by atoms with van der Waals surface area (Å²) in [6.45, 7) is 0.284. The van der Waals surface area contributed by atoms with E-state index in [1.165, 1.54) is 12.1 Å². The van der Waals surface area contributed by atoms with Crippen LogP contribution in [0.2, 0.25) is 5.02 Å². The Morgan fingerprint density at radius 2 is 1.61 bits per heavy atom. The van der Waals surface area contributed by atoms with Gasteiger partial charge in [0.2, 0.25) is 0 Å². The van der Waals surface area contributed by atoms with Crippen LogP contribution in [-0.2, 0) is 16.2 Å². The number of nitrogens with one attached hydrogen (secondary N) is 1. The molecule has 6 nitrogen and oxygen atoms in total. The van der Waals surface area contributed by atoms with Crippen molar-refractivity contribution in [1.82, 2.24) is 5.32 Å². The van der Waals surface area contributed by atoms with Gasteiger partial charge in [-0.15, -0.1) is 0 Å². The van der Waals surface area contributed by atoms with Gasteiger partial charge < -0.3 is 4.74 Å². The average Bonchev–Trinajstić information content (AvgIpc) is 2.87. The number of hydrogen-bond donors (Lipinski definition) is 1. The lowest BCUT2D eigenvalue weighted by Gasteiger charge is -2.27. The Bertz CT molecular complexity index is 1550. The van der Waals surface area contributed by atoms with Crippen LogP contribution in [-0.4, -0.2) is 17.8 Å². The fourth-order valence-electron chi connectivity index (χ4n) is 3.95. The molecule has 1 fully saturated rings. The summed E-state index contributed by atoms with van der Waals surface area (Å²) >= 11 is 9.67. The molecule has 0 saturated carbocycles. The summed E-state index contributed by atoms with van der Waals surface area (Å²) in [5.74, 6) is -1.07. The summed E-state index contributed by atoms with van der Waals surface area (Å²) in [5, 5.41) is 4.15. The Labute approximate surface area is 220 Å². The zero-order valence-corrected chi connectivity index (χ0v) is 21.0. The topological polar surface area (TPSA) is 75.7 Å². The first kappa shape index (κ1) is 23.8. The van der Waals surface area contributed by atoms with E-state index in [1.807, 2.05) is 54.6 Å². The Balaban J connectivity index is 1.59. The molecule has 8 heteroatoms.